The molecule has 120 valence electrons. The number of ether oxygens (including phenoxy) is 1. The molecule has 0 amide bonds. The molecule has 0 aromatic heterocycles. The second-order valence-corrected chi connectivity index (χ2v) is 5.29. The highest BCUT2D eigenvalue weighted by molar-refractivity contribution is 5.96. The van der Waals surface area contributed by atoms with Crippen LogP contribution < -0.4 is 4.74 Å². The van der Waals surface area contributed by atoms with Crippen LogP contribution in [-0.4, -0.2) is 11.1 Å². The first kappa shape index (κ1) is 15.7. The van der Waals surface area contributed by atoms with E-state index in [2.05, 4.69) is 0 Å². The molecule has 1 N–H and O–H groups in total. The summed E-state index contributed by atoms with van der Waals surface area (Å²) < 4.78 is 19.0. The van der Waals surface area contributed by atoms with Crippen LogP contribution in [0.25, 0.3) is 11.1 Å². The Labute approximate surface area is 139 Å². The van der Waals surface area contributed by atoms with Gasteiger partial charge in [0.05, 0.1) is 5.56 Å². The largest absolute Gasteiger partial charge is 0.489 e. The minimum absolute atomic E-state index is 0.0621. The molecule has 0 saturated heterocycles. The number of hydrogen-bond acceptors (Lipinski definition) is 2. The highest BCUT2D eigenvalue weighted by atomic mass is 19.1. The Morgan fingerprint density at radius 2 is 1.67 bits per heavy atom. The van der Waals surface area contributed by atoms with Crippen molar-refractivity contribution in [2.75, 3.05) is 0 Å². The minimum atomic E-state index is -1.16. The third kappa shape index (κ3) is 3.60. The average molecular weight is 322 g/mol. The zero-order valence-corrected chi connectivity index (χ0v) is 12.8. The van der Waals surface area contributed by atoms with Crippen LogP contribution in [0.15, 0.2) is 72.8 Å². The van der Waals surface area contributed by atoms with Crippen LogP contribution >= 0.6 is 0 Å². The van der Waals surface area contributed by atoms with E-state index in [0.29, 0.717) is 23.5 Å². The van der Waals surface area contributed by atoms with E-state index in [1.807, 2.05) is 30.3 Å². The monoisotopic (exact) mass is 322 g/mol. The van der Waals surface area contributed by atoms with Crippen molar-refractivity contribution < 1.29 is 19.0 Å². The van der Waals surface area contributed by atoms with Crippen molar-refractivity contribution >= 4 is 5.97 Å². The van der Waals surface area contributed by atoms with Gasteiger partial charge in [0, 0.05) is 0 Å². The molecule has 3 rings (SSSR count). The van der Waals surface area contributed by atoms with Gasteiger partial charge in [0.25, 0.3) is 0 Å². The molecule has 0 aliphatic rings. The predicted molar refractivity (Wildman–Crippen MR) is 89.6 cm³/mol. The van der Waals surface area contributed by atoms with Crippen LogP contribution in [0.4, 0.5) is 4.39 Å². The Morgan fingerprint density at radius 3 is 2.33 bits per heavy atom. The van der Waals surface area contributed by atoms with Gasteiger partial charge >= 0.3 is 5.97 Å². The summed E-state index contributed by atoms with van der Waals surface area (Å²) in [5.41, 5.74) is 2.17. The van der Waals surface area contributed by atoms with E-state index >= 15 is 0 Å². The van der Waals surface area contributed by atoms with E-state index in [9.17, 15) is 14.3 Å². The highest BCUT2D eigenvalue weighted by Crippen LogP contribution is 2.27. The fourth-order valence-corrected chi connectivity index (χ4v) is 2.42. The van der Waals surface area contributed by atoms with Gasteiger partial charge in [-0.1, -0.05) is 48.5 Å². The summed E-state index contributed by atoms with van der Waals surface area (Å²) in [6.07, 6.45) is 0. The maximum absolute atomic E-state index is 13.3. The number of hydrogen-bond donors (Lipinski definition) is 1. The van der Waals surface area contributed by atoms with Crippen molar-refractivity contribution in [2.45, 2.75) is 6.61 Å². The van der Waals surface area contributed by atoms with Gasteiger partial charge in [-0.15, -0.1) is 0 Å². The number of rotatable bonds is 5. The highest BCUT2D eigenvalue weighted by Gasteiger charge is 2.13. The lowest BCUT2D eigenvalue weighted by Crippen LogP contribution is -2.00. The molecule has 3 aromatic carbocycles. The van der Waals surface area contributed by atoms with Crippen LogP contribution in [0, 0.1) is 5.82 Å². The van der Waals surface area contributed by atoms with Crippen molar-refractivity contribution in [3.05, 3.63) is 89.7 Å². The Bertz CT molecular complexity index is 843. The minimum Gasteiger partial charge on any atom is -0.489 e. The number of carboxylic acids is 1. The van der Waals surface area contributed by atoms with Gasteiger partial charge in [-0.25, -0.2) is 9.18 Å². The van der Waals surface area contributed by atoms with E-state index in [0.717, 1.165) is 11.6 Å². The van der Waals surface area contributed by atoms with Crippen LogP contribution in [0.3, 0.4) is 0 Å². The molecule has 3 nitrogen and oxygen atoms in total. The normalized spacial score (nSPS) is 10.4. The Kier molecular flexibility index (Phi) is 4.57. The molecule has 0 aliphatic carbocycles. The standard InChI is InChI=1S/C20H15FO3/c21-16-8-11-18(19(12-16)20(22)23)15-6-9-17(10-7-15)24-13-14-4-2-1-3-5-14/h1-12H,13H2,(H,22,23). The summed E-state index contributed by atoms with van der Waals surface area (Å²) in [6, 6.07) is 20.6. The molecule has 0 unspecified atom stereocenters. The number of carboxylic acid groups (broad SMARTS) is 1. The van der Waals surface area contributed by atoms with E-state index < -0.39 is 11.8 Å². The van der Waals surface area contributed by atoms with Gasteiger partial charge in [-0.2, -0.15) is 0 Å². The lowest BCUT2D eigenvalue weighted by molar-refractivity contribution is 0.0697. The zero-order chi connectivity index (χ0) is 16.9. The molecule has 0 saturated carbocycles. The van der Waals surface area contributed by atoms with Crippen LogP contribution in [0.1, 0.15) is 15.9 Å². The van der Waals surface area contributed by atoms with Gasteiger partial charge in [0.1, 0.15) is 18.2 Å². The van der Waals surface area contributed by atoms with Gasteiger partial charge in [-0.05, 0) is 41.0 Å². The number of carbonyl (C=O) groups is 1. The summed E-state index contributed by atoms with van der Waals surface area (Å²) in [6.45, 7) is 0.455. The second kappa shape index (κ2) is 6.96. The molecule has 0 fully saturated rings. The van der Waals surface area contributed by atoms with Crippen molar-refractivity contribution in [1.82, 2.24) is 0 Å². The van der Waals surface area contributed by atoms with E-state index in [4.69, 9.17) is 4.74 Å². The molecule has 3 aromatic rings. The zero-order valence-electron chi connectivity index (χ0n) is 12.8. The van der Waals surface area contributed by atoms with Gasteiger partial charge < -0.3 is 9.84 Å². The molecular formula is C20H15FO3. The van der Waals surface area contributed by atoms with Crippen LogP contribution in [0.5, 0.6) is 5.75 Å². The van der Waals surface area contributed by atoms with Gasteiger partial charge in [0.15, 0.2) is 0 Å². The molecular weight excluding hydrogens is 307 g/mol. The van der Waals surface area contributed by atoms with Gasteiger partial charge in [0.2, 0.25) is 0 Å². The van der Waals surface area contributed by atoms with E-state index in [1.165, 1.54) is 12.1 Å². The smallest absolute Gasteiger partial charge is 0.336 e. The SMILES string of the molecule is O=C(O)c1cc(F)ccc1-c1ccc(OCc2ccccc2)cc1. The number of benzene rings is 3. The molecule has 24 heavy (non-hydrogen) atoms. The summed E-state index contributed by atoms with van der Waals surface area (Å²) in [5, 5.41) is 9.22. The summed E-state index contributed by atoms with van der Waals surface area (Å²) >= 11 is 0. The molecule has 0 aliphatic heterocycles. The van der Waals surface area contributed by atoms with Crippen molar-refractivity contribution in [1.29, 1.82) is 0 Å². The summed E-state index contributed by atoms with van der Waals surface area (Å²) in [5.74, 6) is -1.05. The molecule has 0 atom stereocenters. The van der Waals surface area contributed by atoms with Crippen molar-refractivity contribution in [3.63, 3.8) is 0 Å². The topological polar surface area (TPSA) is 46.5 Å². The molecule has 0 bridgehead atoms. The fourth-order valence-electron chi connectivity index (χ4n) is 2.42. The van der Waals surface area contributed by atoms with Crippen molar-refractivity contribution in [2.24, 2.45) is 0 Å². The number of aromatic carboxylic acids is 1. The van der Waals surface area contributed by atoms with E-state index in [1.54, 1.807) is 24.3 Å². The third-order valence-electron chi connectivity index (χ3n) is 3.63. The second-order valence-electron chi connectivity index (χ2n) is 5.29. The first-order chi connectivity index (χ1) is 11.6. The first-order valence-electron chi connectivity index (χ1n) is 7.43. The van der Waals surface area contributed by atoms with Crippen LogP contribution in [-0.2, 0) is 6.61 Å². The quantitative estimate of drug-likeness (QED) is 0.736. The molecule has 0 radical (unpaired) electrons. The van der Waals surface area contributed by atoms with Crippen LogP contribution in [0.2, 0.25) is 0 Å². The maximum Gasteiger partial charge on any atom is 0.336 e. The summed E-state index contributed by atoms with van der Waals surface area (Å²) in [7, 11) is 0. The lowest BCUT2D eigenvalue weighted by Gasteiger charge is -2.09. The maximum atomic E-state index is 13.3. The number of halogens is 1. The fraction of sp³-hybridized carbons (Fsp3) is 0.0500. The third-order valence-corrected chi connectivity index (χ3v) is 3.63. The van der Waals surface area contributed by atoms with Gasteiger partial charge in [-0.3, -0.25) is 0 Å². The van der Waals surface area contributed by atoms with Crippen molar-refractivity contribution in [3.8, 4) is 16.9 Å². The average Bonchev–Trinajstić information content (AvgIpc) is 2.61. The predicted octanol–water partition coefficient (Wildman–Crippen LogP) is 4.77. The molecule has 4 heteroatoms. The Balaban J connectivity index is 1.79. The first-order valence-corrected chi connectivity index (χ1v) is 7.43. The lowest BCUT2D eigenvalue weighted by atomic mass is 9.99. The van der Waals surface area contributed by atoms with E-state index in [-0.39, 0.29) is 5.56 Å². The molecule has 0 spiro atoms. The Hall–Kier alpha value is -3.14. The summed E-state index contributed by atoms with van der Waals surface area (Å²) in [4.78, 5) is 11.3. The Morgan fingerprint density at radius 1 is 0.958 bits per heavy atom. The molecule has 0 heterocycles.